The number of nitrogens with one attached hydrogen (secondary N) is 2. The van der Waals surface area contributed by atoms with Gasteiger partial charge in [0.2, 0.25) is 0 Å². The molecular weight excluding hydrogens is 403 g/mol. The number of fused-ring (bicyclic) bond motifs is 1. The van der Waals surface area contributed by atoms with E-state index in [4.69, 9.17) is 23.8 Å². The van der Waals surface area contributed by atoms with Gasteiger partial charge in [-0.15, -0.1) is 8.78 Å². The highest BCUT2D eigenvalue weighted by Gasteiger charge is 2.43. The molecule has 1 aliphatic heterocycles. The summed E-state index contributed by atoms with van der Waals surface area (Å²) in [6.07, 6.45) is -8.37. The van der Waals surface area contributed by atoms with Gasteiger partial charge in [-0.3, -0.25) is 0 Å². The number of hydrogen-bond acceptors (Lipinski definition) is 3. The lowest BCUT2D eigenvalue weighted by molar-refractivity contribution is -0.286. The van der Waals surface area contributed by atoms with Gasteiger partial charge in [-0.05, 0) is 42.5 Å². The van der Waals surface area contributed by atoms with E-state index in [0.29, 0.717) is 0 Å². The molecule has 11 heteroatoms. The van der Waals surface area contributed by atoms with Crippen LogP contribution in [0.3, 0.4) is 0 Å². The van der Waals surface area contributed by atoms with Gasteiger partial charge in [0.25, 0.3) is 0 Å². The van der Waals surface area contributed by atoms with Crippen LogP contribution in [0.1, 0.15) is 5.56 Å². The second-order valence-corrected chi connectivity index (χ2v) is 5.92. The molecule has 0 aliphatic carbocycles. The molecule has 0 radical (unpaired) electrons. The zero-order chi connectivity index (χ0) is 19.1. The Hall–Kier alpha value is -2.33. The molecule has 1 heterocycles. The fourth-order valence-electron chi connectivity index (χ4n) is 2.14. The minimum absolute atomic E-state index is 0.0477. The maximum absolute atomic E-state index is 13.0. The molecule has 0 spiro atoms. The third kappa shape index (κ3) is 4.07. The molecule has 2 N–H and O–H groups in total. The van der Waals surface area contributed by atoms with Crippen LogP contribution in [0.4, 0.5) is 33.3 Å². The van der Waals surface area contributed by atoms with Crippen molar-refractivity contribution in [2.24, 2.45) is 0 Å². The molecule has 0 amide bonds. The van der Waals surface area contributed by atoms with E-state index >= 15 is 0 Å². The average Bonchev–Trinajstić information content (AvgIpc) is 2.81. The minimum Gasteiger partial charge on any atom is -0.395 e. The van der Waals surface area contributed by atoms with Crippen LogP contribution in [0.2, 0.25) is 5.02 Å². The van der Waals surface area contributed by atoms with Crippen molar-refractivity contribution in [3.8, 4) is 11.5 Å². The Morgan fingerprint density at radius 1 is 0.962 bits per heavy atom. The number of anilines is 2. The van der Waals surface area contributed by atoms with E-state index in [9.17, 15) is 22.0 Å². The third-order valence-electron chi connectivity index (χ3n) is 3.19. The van der Waals surface area contributed by atoms with Crippen LogP contribution in [0.25, 0.3) is 0 Å². The number of halogens is 6. The van der Waals surface area contributed by atoms with Gasteiger partial charge >= 0.3 is 12.5 Å². The van der Waals surface area contributed by atoms with Gasteiger partial charge in [-0.25, -0.2) is 0 Å². The van der Waals surface area contributed by atoms with E-state index < -0.39 is 23.1 Å². The summed E-state index contributed by atoms with van der Waals surface area (Å²) in [5.41, 5.74) is -0.698. The number of hydrogen-bond donors (Lipinski definition) is 2. The SMILES string of the molecule is FC1(F)Oc2ccc(NC(=S)Nc3ccc(Cl)c(C(F)(F)F)c3)cc2O1. The maximum Gasteiger partial charge on any atom is 0.586 e. The Balaban J connectivity index is 1.71. The van der Waals surface area contributed by atoms with Crippen molar-refractivity contribution in [2.45, 2.75) is 12.5 Å². The van der Waals surface area contributed by atoms with Crippen LogP contribution in [0.5, 0.6) is 11.5 Å². The smallest absolute Gasteiger partial charge is 0.395 e. The van der Waals surface area contributed by atoms with Gasteiger partial charge in [-0.2, -0.15) is 13.2 Å². The van der Waals surface area contributed by atoms with Crippen LogP contribution < -0.4 is 20.1 Å². The Kier molecular flexibility index (Phi) is 4.57. The Morgan fingerprint density at radius 2 is 1.54 bits per heavy atom. The summed E-state index contributed by atoms with van der Waals surface area (Å²) in [4.78, 5) is 0. The highest BCUT2D eigenvalue weighted by atomic mass is 35.5. The first-order valence-corrected chi connectivity index (χ1v) is 7.67. The van der Waals surface area contributed by atoms with Gasteiger partial charge in [-0.1, -0.05) is 11.6 Å². The first kappa shape index (κ1) is 18.5. The number of benzene rings is 2. The molecule has 0 aromatic heterocycles. The molecule has 2 aromatic carbocycles. The van der Waals surface area contributed by atoms with Gasteiger partial charge in [0.05, 0.1) is 10.6 Å². The van der Waals surface area contributed by atoms with Gasteiger partial charge in [0.1, 0.15) is 0 Å². The fourth-order valence-corrected chi connectivity index (χ4v) is 2.60. The summed E-state index contributed by atoms with van der Waals surface area (Å²) in [5.74, 6) is -0.347. The van der Waals surface area contributed by atoms with E-state index in [1.54, 1.807) is 0 Å². The molecule has 138 valence electrons. The quantitative estimate of drug-likeness (QED) is 0.506. The molecule has 2 aromatic rings. The zero-order valence-corrected chi connectivity index (χ0v) is 14.0. The number of rotatable bonds is 2. The van der Waals surface area contributed by atoms with Gasteiger partial charge in [0.15, 0.2) is 16.6 Å². The molecular formula is C15H8ClF5N2O2S. The van der Waals surface area contributed by atoms with Crippen molar-refractivity contribution in [1.29, 1.82) is 0 Å². The largest absolute Gasteiger partial charge is 0.586 e. The van der Waals surface area contributed by atoms with Crippen molar-refractivity contribution in [1.82, 2.24) is 0 Å². The Labute approximate surface area is 153 Å². The van der Waals surface area contributed by atoms with Crippen molar-refractivity contribution in [3.63, 3.8) is 0 Å². The molecule has 0 saturated carbocycles. The van der Waals surface area contributed by atoms with E-state index in [0.717, 1.165) is 12.1 Å². The van der Waals surface area contributed by atoms with Crippen LogP contribution in [-0.4, -0.2) is 11.4 Å². The number of ether oxygens (including phenoxy) is 2. The molecule has 0 unspecified atom stereocenters. The van der Waals surface area contributed by atoms with E-state index in [1.165, 1.54) is 24.3 Å². The lowest BCUT2D eigenvalue weighted by atomic mass is 10.2. The summed E-state index contributed by atoms with van der Waals surface area (Å²) in [6.45, 7) is 0. The summed E-state index contributed by atoms with van der Waals surface area (Å²) >= 11 is 10.5. The van der Waals surface area contributed by atoms with Crippen LogP contribution in [0.15, 0.2) is 36.4 Å². The predicted octanol–water partition coefficient (Wildman–Crippen LogP) is 5.49. The normalized spacial score (nSPS) is 14.8. The minimum atomic E-state index is -4.62. The molecule has 0 atom stereocenters. The van der Waals surface area contributed by atoms with Crippen molar-refractivity contribution < 1.29 is 31.4 Å². The summed E-state index contributed by atoms with van der Waals surface area (Å²) in [5, 5.41) is 4.69. The second-order valence-electron chi connectivity index (χ2n) is 5.10. The monoisotopic (exact) mass is 410 g/mol. The van der Waals surface area contributed by atoms with E-state index in [2.05, 4.69) is 20.1 Å². The Bertz CT molecular complexity index is 876. The molecule has 0 fully saturated rings. The summed E-state index contributed by atoms with van der Waals surface area (Å²) in [7, 11) is 0. The van der Waals surface area contributed by atoms with E-state index in [-0.39, 0.29) is 28.0 Å². The molecule has 26 heavy (non-hydrogen) atoms. The topological polar surface area (TPSA) is 42.5 Å². The second kappa shape index (κ2) is 6.44. The first-order valence-electron chi connectivity index (χ1n) is 6.88. The number of alkyl halides is 5. The van der Waals surface area contributed by atoms with Crippen molar-refractivity contribution in [3.05, 3.63) is 47.0 Å². The maximum atomic E-state index is 13.0. The lowest BCUT2D eigenvalue weighted by Crippen LogP contribution is -2.25. The van der Waals surface area contributed by atoms with Crippen LogP contribution in [0, 0.1) is 0 Å². The Morgan fingerprint density at radius 3 is 2.19 bits per heavy atom. The van der Waals surface area contributed by atoms with Gasteiger partial charge < -0.3 is 20.1 Å². The molecule has 3 rings (SSSR count). The van der Waals surface area contributed by atoms with Crippen LogP contribution in [-0.2, 0) is 6.18 Å². The molecule has 1 aliphatic rings. The first-order chi connectivity index (χ1) is 12.0. The highest BCUT2D eigenvalue weighted by molar-refractivity contribution is 7.80. The van der Waals surface area contributed by atoms with Crippen molar-refractivity contribution >= 4 is 40.3 Å². The van der Waals surface area contributed by atoms with Crippen LogP contribution >= 0.6 is 23.8 Å². The fraction of sp³-hybridized carbons (Fsp3) is 0.133. The van der Waals surface area contributed by atoms with Crippen molar-refractivity contribution in [2.75, 3.05) is 10.6 Å². The molecule has 4 nitrogen and oxygen atoms in total. The highest BCUT2D eigenvalue weighted by Crippen LogP contribution is 2.42. The average molecular weight is 411 g/mol. The lowest BCUT2D eigenvalue weighted by Gasteiger charge is -2.14. The molecule has 0 saturated heterocycles. The standard InChI is InChI=1S/C15H8ClF5N2O2S/c16-10-3-1-7(5-9(10)14(17,18)19)22-13(26)23-8-2-4-11-12(6-8)25-15(20,21)24-11/h1-6H,(H2,22,23,26). The predicted molar refractivity (Wildman–Crippen MR) is 88.9 cm³/mol. The molecule has 0 bridgehead atoms. The summed E-state index contributed by atoms with van der Waals surface area (Å²) in [6, 6.07) is 7.04. The van der Waals surface area contributed by atoms with E-state index in [1.807, 2.05) is 0 Å². The van der Waals surface area contributed by atoms with Gasteiger partial charge in [0, 0.05) is 17.4 Å². The number of thiocarbonyl (C=S) groups is 1. The zero-order valence-electron chi connectivity index (χ0n) is 12.5. The third-order valence-corrected chi connectivity index (χ3v) is 3.72. The summed E-state index contributed by atoms with van der Waals surface area (Å²) < 4.78 is 73.1.